The molecule has 2 aromatic carbocycles. The smallest absolute Gasteiger partial charge is 0.305 e. The lowest BCUT2D eigenvalue weighted by Crippen LogP contribution is -2.20. The van der Waals surface area contributed by atoms with Crippen LogP contribution in [-0.2, 0) is 0 Å². The fourth-order valence-corrected chi connectivity index (χ4v) is 1.94. The van der Waals surface area contributed by atoms with E-state index in [9.17, 15) is 9.18 Å². The van der Waals surface area contributed by atoms with Crippen LogP contribution in [0.3, 0.4) is 0 Å². The summed E-state index contributed by atoms with van der Waals surface area (Å²) >= 11 is 11.8. The van der Waals surface area contributed by atoms with Crippen LogP contribution in [-0.4, -0.2) is 6.03 Å². The molecule has 2 amide bonds. The van der Waals surface area contributed by atoms with Crippen LogP contribution in [0.25, 0.3) is 0 Å². The molecule has 0 saturated heterocycles. The van der Waals surface area contributed by atoms with Crippen LogP contribution in [0.1, 0.15) is 0 Å². The third-order valence-corrected chi connectivity index (χ3v) is 2.95. The predicted molar refractivity (Wildman–Crippen MR) is 75.5 cm³/mol. The minimum absolute atomic E-state index is 0.0724. The van der Waals surface area contributed by atoms with Crippen LogP contribution in [0, 0.1) is 5.82 Å². The first-order chi connectivity index (χ1) is 9.08. The number of carbonyl (C=O) groups excluding carboxylic acids is 1. The number of benzene rings is 2. The summed E-state index contributed by atoms with van der Waals surface area (Å²) in [6, 6.07) is 10.1. The molecule has 98 valence electrons. The van der Waals surface area contributed by atoms with Crippen molar-refractivity contribution in [2.75, 3.05) is 10.6 Å². The second-order valence-corrected chi connectivity index (χ2v) is 4.47. The Morgan fingerprint density at radius 1 is 0.947 bits per heavy atom. The van der Waals surface area contributed by atoms with Gasteiger partial charge in [-0.2, -0.15) is 0 Å². The topological polar surface area (TPSA) is 41.1 Å². The Bertz CT molecular complexity index is 599. The van der Waals surface area contributed by atoms with Gasteiger partial charge in [-0.1, -0.05) is 41.4 Å². The zero-order chi connectivity index (χ0) is 13.8. The first-order valence-corrected chi connectivity index (χ1v) is 6.10. The highest BCUT2D eigenvalue weighted by molar-refractivity contribution is 6.39. The first-order valence-electron chi connectivity index (χ1n) is 5.34. The van der Waals surface area contributed by atoms with Crippen molar-refractivity contribution >= 4 is 40.6 Å². The molecular weight excluding hydrogens is 290 g/mol. The molecule has 0 aliphatic carbocycles. The van der Waals surface area contributed by atoms with Crippen LogP contribution < -0.4 is 10.6 Å². The van der Waals surface area contributed by atoms with E-state index in [2.05, 4.69) is 10.6 Å². The molecule has 0 saturated carbocycles. The lowest BCUT2D eigenvalue weighted by Gasteiger charge is -2.10. The first kappa shape index (κ1) is 13.6. The van der Waals surface area contributed by atoms with E-state index in [1.54, 1.807) is 24.3 Å². The summed E-state index contributed by atoms with van der Waals surface area (Å²) in [5.41, 5.74) is 0.350. The summed E-state index contributed by atoms with van der Waals surface area (Å²) in [5, 5.41) is 5.45. The van der Waals surface area contributed by atoms with Crippen LogP contribution in [0.4, 0.5) is 20.6 Å². The molecule has 19 heavy (non-hydrogen) atoms. The van der Waals surface area contributed by atoms with Crippen molar-refractivity contribution in [3.63, 3.8) is 0 Å². The number of para-hydroxylation sites is 2. The van der Waals surface area contributed by atoms with Gasteiger partial charge in [0.1, 0.15) is 5.82 Å². The van der Waals surface area contributed by atoms with Crippen molar-refractivity contribution < 1.29 is 9.18 Å². The molecule has 6 heteroatoms. The van der Waals surface area contributed by atoms with Crippen molar-refractivity contribution in [3.05, 3.63) is 58.3 Å². The molecule has 0 radical (unpaired) electrons. The average Bonchev–Trinajstić information content (AvgIpc) is 2.37. The fourth-order valence-electron chi connectivity index (χ4n) is 1.45. The lowest BCUT2D eigenvalue weighted by atomic mass is 10.3. The number of nitrogens with one attached hydrogen (secondary N) is 2. The van der Waals surface area contributed by atoms with E-state index < -0.39 is 11.8 Å². The molecule has 0 fully saturated rings. The minimum Gasteiger partial charge on any atom is -0.305 e. The largest absolute Gasteiger partial charge is 0.323 e. The molecule has 0 aliphatic rings. The molecule has 0 aromatic heterocycles. The van der Waals surface area contributed by atoms with Gasteiger partial charge < -0.3 is 10.6 Å². The second-order valence-electron chi connectivity index (χ2n) is 3.66. The Morgan fingerprint density at radius 2 is 1.58 bits per heavy atom. The SMILES string of the molecule is O=C(Nc1ccccc1F)Nc1c(Cl)cccc1Cl. The van der Waals surface area contributed by atoms with Gasteiger partial charge in [0.2, 0.25) is 0 Å². The molecule has 0 unspecified atom stereocenters. The Balaban J connectivity index is 2.12. The molecule has 0 aliphatic heterocycles. The molecule has 0 atom stereocenters. The van der Waals surface area contributed by atoms with Gasteiger partial charge in [-0.25, -0.2) is 9.18 Å². The van der Waals surface area contributed by atoms with Gasteiger partial charge in [-0.05, 0) is 24.3 Å². The molecule has 2 rings (SSSR count). The van der Waals surface area contributed by atoms with E-state index in [0.29, 0.717) is 10.0 Å². The lowest BCUT2D eigenvalue weighted by molar-refractivity contribution is 0.262. The maximum atomic E-state index is 13.4. The Morgan fingerprint density at radius 3 is 2.21 bits per heavy atom. The Hall–Kier alpha value is -1.78. The molecule has 0 spiro atoms. The van der Waals surface area contributed by atoms with E-state index in [-0.39, 0.29) is 11.4 Å². The quantitative estimate of drug-likeness (QED) is 0.823. The molecular formula is C13H9Cl2FN2O. The van der Waals surface area contributed by atoms with Crippen molar-refractivity contribution in [2.45, 2.75) is 0 Å². The highest BCUT2D eigenvalue weighted by Crippen LogP contribution is 2.29. The number of amides is 2. The maximum absolute atomic E-state index is 13.4. The third kappa shape index (κ3) is 3.36. The van der Waals surface area contributed by atoms with Crippen molar-refractivity contribution in [3.8, 4) is 0 Å². The van der Waals surface area contributed by atoms with E-state index in [1.165, 1.54) is 18.2 Å². The second kappa shape index (κ2) is 5.91. The van der Waals surface area contributed by atoms with Crippen LogP contribution in [0.5, 0.6) is 0 Å². The van der Waals surface area contributed by atoms with E-state index in [1.807, 2.05) is 0 Å². The van der Waals surface area contributed by atoms with E-state index in [0.717, 1.165) is 0 Å². The van der Waals surface area contributed by atoms with Gasteiger partial charge in [-0.15, -0.1) is 0 Å². The number of anilines is 2. The van der Waals surface area contributed by atoms with Crippen molar-refractivity contribution in [2.24, 2.45) is 0 Å². The van der Waals surface area contributed by atoms with Gasteiger partial charge >= 0.3 is 6.03 Å². The zero-order valence-electron chi connectivity index (χ0n) is 9.58. The standard InChI is InChI=1S/C13H9Cl2FN2O/c14-8-4-3-5-9(15)12(8)18-13(19)17-11-7-2-1-6-10(11)16/h1-7H,(H2,17,18,19). The fraction of sp³-hybridized carbons (Fsp3) is 0. The van der Waals surface area contributed by atoms with Gasteiger partial charge in [0, 0.05) is 0 Å². The van der Waals surface area contributed by atoms with Crippen LogP contribution >= 0.6 is 23.2 Å². The third-order valence-electron chi connectivity index (χ3n) is 2.32. The highest BCUT2D eigenvalue weighted by atomic mass is 35.5. The highest BCUT2D eigenvalue weighted by Gasteiger charge is 2.10. The summed E-state index contributed by atoms with van der Waals surface area (Å²) in [4.78, 5) is 11.7. The van der Waals surface area contributed by atoms with E-state index >= 15 is 0 Å². The van der Waals surface area contributed by atoms with Gasteiger partial charge in [0.25, 0.3) is 0 Å². The maximum Gasteiger partial charge on any atom is 0.323 e. The Kier molecular flexibility index (Phi) is 4.24. The number of hydrogen-bond donors (Lipinski definition) is 2. The summed E-state index contributed by atoms with van der Waals surface area (Å²) in [6.07, 6.45) is 0. The van der Waals surface area contributed by atoms with Gasteiger partial charge in [0.05, 0.1) is 21.4 Å². The molecule has 0 heterocycles. The minimum atomic E-state index is -0.625. The van der Waals surface area contributed by atoms with Crippen LogP contribution in [0.15, 0.2) is 42.5 Å². The van der Waals surface area contributed by atoms with Gasteiger partial charge in [-0.3, -0.25) is 0 Å². The number of rotatable bonds is 2. The zero-order valence-corrected chi connectivity index (χ0v) is 11.1. The Labute approximate surface area is 119 Å². The summed E-state index contributed by atoms with van der Waals surface area (Å²) in [6.45, 7) is 0. The monoisotopic (exact) mass is 298 g/mol. The summed E-state index contributed by atoms with van der Waals surface area (Å²) < 4.78 is 13.4. The number of urea groups is 1. The average molecular weight is 299 g/mol. The summed E-state index contributed by atoms with van der Waals surface area (Å²) in [5.74, 6) is -0.525. The number of hydrogen-bond acceptors (Lipinski definition) is 1. The summed E-state index contributed by atoms with van der Waals surface area (Å²) in [7, 11) is 0. The molecule has 3 nitrogen and oxygen atoms in total. The van der Waals surface area contributed by atoms with E-state index in [4.69, 9.17) is 23.2 Å². The number of carbonyl (C=O) groups is 1. The molecule has 2 N–H and O–H groups in total. The van der Waals surface area contributed by atoms with Crippen LogP contribution in [0.2, 0.25) is 10.0 Å². The molecule has 0 bridgehead atoms. The number of halogens is 3. The van der Waals surface area contributed by atoms with Gasteiger partial charge in [0.15, 0.2) is 0 Å². The molecule has 2 aromatic rings. The predicted octanol–water partition coefficient (Wildman–Crippen LogP) is 4.78. The van der Waals surface area contributed by atoms with Crippen molar-refractivity contribution in [1.29, 1.82) is 0 Å². The van der Waals surface area contributed by atoms with Crippen molar-refractivity contribution in [1.82, 2.24) is 0 Å². The normalized spacial score (nSPS) is 10.1.